The molecule has 0 unspecified atom stereocenters. The Hall–Kier alpha value is -1.49. The highest BCUT2D eigenvalue weighted by Crippen LogP contribution is 2.23. The first-order valence-electron chi connectivity index (χ1n) is 6.30. The highest BCUT2D eigenvalue weighted by Gasteiger charge is 2.12. The average Bonchev–Trinajstić information content (AvgIpc) is 2.79. The molecule has 1 aromatic carbocycles. The van der Waals surface area contributed by atoms with Crippen molar-refractivity contribution in [1.82, 2.24) is 4.98 Å². The Morgan fingerprint density at radius 2 is 2.26 bits per heavy atom. The normalized spacial score (nSPS) is 12.5. The molecule has 0 aliphatic carbocycles. The van der Waals surface area contributed by atoms with Crippen LogP contribution in [0, 0.1) is 0 Å². The summed E-state index contributed by atoms with van der Waals surface area (Å²) in [6, 6.07) is 7.69. The second-order valence-electron chi connectivity index (χ2n) is 4.21. The topological polar surface area (TPSA) is 52.3 Å². The summed E-state index contributed by atoms with van der Waals surface area (Å²) in [5.41, 5.74) is 1.67. The Labute approximate surface area is 116 Å². The molecular weight excluding hydrogens is 262 g/mol. The molecule has 0 saturated heterocycles. The van der Waals surface area contributed by atoms with Crippen LogP contribution in [0.2, 0.25) is 0 Å². The molecule has 2 rings (SSSR count). The Balaban J connectivity index is 1.86. The molecule has 0 radical (unpaired) electrons. The number of hydrogen-bond donors (Lipinski definition) is 0. The zero-order valence-corrected chi connectivity index (χ0v) is 11.9. The first-order chi connectivity index (χ1) is 9.19. The lowest BCUT2D eigenvalue weighted by Gasteiger charge is -2.08. The highest BCUT2D eigenvalue weighted by molar-refractivity contribution is 7.99. The van der Waals surface area contributed by atoms with Crippen molar-refractivity contribution in [1.29, 1.82) is 0 Å². The third kappa shape index (κ3) is 3.99. The van der Waals surface area contributed by atoms with Gasteiger partial charge in [0.15, 0.2) is 5.58 Å². The summed E-state index contributed by atoms with van der Waals surface area (Å²) in [5, 5.41) is 0.189. The monoisotopic (exact) mass is 279 g/mol. The second kappa shape index (κ2) is 6.61. The number of aromatic nitrogens is 1. The van der Waals surface area contributed by atoms with E-state index >= 15 is 0 Å². The van der Waals surface area contributed by atoms with Crippen LogP contribution in [0.5, 0.6) is 0 Å². The Morgan fingerprint density at radius 3 is 3.00 bits per heavy atom. The summed E-state index contributed by atoms with van der Waals surface area (Å²) in [7, 11) is 0. The van der Waals surface area contributed by atoms with E-state index in [4.69, 9.17) is 9.15 Å². The van der Waals surface area contributed by atoms with Gasteiger partial charge >= 0.3 is 5.97 Å². The summed E-state index contributed by atoms with van der Waals surface area (Å²) in [6.45, 7) is 4.25. The van der Waals surface area contributed by atoms with E-state index in [9.17, 15) is 4.79 Å². The number of para-hydroxylation sites is 2. The van der Waals surface area contributed by atoms with Gasteiger partial charge in [-0.05, 0) is 19.1 Å². The van der Waals surface area contributed by atoms with Crippen LogP contribution in [-0.2, 0) is 15.3 Å². The molecule has 19 heavy (non-hydrogen) atoms. The zero-order valence-electron chi connectivity index (χ0n) is 11.1. The van der Waals surface area contributed by atoms with Crippen LogP contribution in [0.1, 0.15) is 26.2 Å². The molecule has 0 amide bonds. The average molecular weight is 279 g/mol. The number of oxazole rings is 1. The fraction of sp³-hybridized carbons (Fsp3) is 0.429. The van der Waals surface area contributed by atoms with Crippen molar-refractivity contribution < 1.29 is 13.9 Å². The molecule has 1 aromatic heterocycles. The molecule has 0 spiro atoms. The Morgan fingerprint density at radius 1 is 1.47 bits per heavy atom. The van der Waals surface area contributed by atoms with Gasteiger partial charge in [-0.15, -0.1) is 11.8 Å². The number of benzene rings is 1. The number of carbonyl (C=O) groups is 1. The third-order valence-electron chi connectivity index (χ3n) is 2.59. The van der Waals surface area contributed by atoms with Crippen molar-refractivity contribution in [2.75, 3.05) is 6.61 Å². The van der Waals surface area contributed by atoms with E-state index in [1.165, 1.54) is 0 Å². The van der Waals surface area contributed by atoms with E-state index in [-0.39, 0.29) is 11.2 Å². The van der Waals surface area contributed by atoms with E-state index in [1.54, 1.807) is 11.8 Å². The van der Waals surface area contributed by atoms with E-state index in [1.807, 2.05) is 38.1 Å². The van der Waals surface area contributed by atoms with Crippen LogP contribution in [-0.4, -0.2) is 22.8 Å². The van der Waals surface area contributed by atoms with E-state index in [0.29, 0.717) is 24.7 Å². The van der Waals surface area contributed by atoms with Crippen LogP contribution >= 0.6 is 11.8 Å². The molecule has 2 aromatic rings. The Kier molecular flexibility index (Phi) is 4.85. The van der Waals surface area contributed by atoms with E-state index in [0.717, 1.165) is 11.1 Å². The van der Waals surface area contributed by atoms with Gasteiger partial charge in [0, 0.05) is 5.25 Å². The third-order valence-corrected chi connectivity index (χ3v) is 3.74. The predicted octanol–water partition coefficient (Wildman–Crippen LogP) is 3.40. The number of fused-ring (bicyclic) bond motifs is 1. The number of esters is 1. The van der Waals surface area contributed by atoms with Gasteiger partial charge in [0.1, 0.15) is 5.52 Å². The summed E-state index contributed by atoms with van der Waals surface area (Å²) in [6.07, 6.45) is 0.415. The molecule has 1 atom stereocenters. The maximum Gasteiger partial charge on any atom is 0.306 e. The number of nitrogens with zero attached hydrogens (tertiary/aromatic N) is 1. The molecule has 0 aliphatic heterocycles. The Bertz CT molecular complexity index is 519. The molecule has 102 valence electrons. The van der Waals surface area contributed by atoms with Crippen LogP contribution in [0.4, 0.5) is 0 Å². The molecule has 0 saturated carbocycles. The molecule has 5 heteroatoms. The lowest BCUT2D eigenvalue weighted by Crippen LogP contribution is -2.10. The molecule has 0 bridgehead atoms. The van der Waals surface area contributed by atoms with Gasteiger partial charge in [-0.3, -0.25) is 4.79 Å². The molecule has 4 nitrogen and oxygen atoms in total. The number of hydrogen-bond acceptors (Lipinski definition) is 5. The summed E-state index contributed by atoms with van der Waals surface area (Å²) in [5.74, 6) is 1.21. The van der Waals surface area contributed by atoms with Crippen LogP contribution in [0.25, 0.3) is 11.1 Å². The number of carbonyl (C=O) groups excluding carboxylic acids is 1. The minimum absolute atomic E-state index is 0.153. The van der Waals surface area contributed by atoms with Crippen molar-refractivity contribution in [2.45, 2.75) is 31.3 Å². The van der Waals surface area contributed by atoms with Gasteiger partial charge in [-0.25, -0.2) is 4.98 Å². The van der Waals surface area contributed by atoms with Crippen LogP contribution in [0.15, 0.2) is 28.7 Å². The second-order valence-corrected chi connectivity index (χ2v) is 5.63. The van der Waals surface area contributed by atoms with E-state index < -0.39 is 0 Å². The predicted molar refractivity (Wildman–Crippen MR) is 76.0 cm³/mol. The fourth-order valence-electron chi connectivity index (χ4n) is 1.71. The number of thioether (sulfide) groups is 1. The maximum atomic E-state index is 11.3. The molecule has 0 aliphatic rings. The highest BCUT2D eigenvalue weighted by atomic mass is 32.2. The lowest BCUT2D eigenvalue weighted by atomic mass is 10.3. The van der Waals surface area contributed by atoms with Gasteiger partial charge in [0.2, 0.25) is 5.89 Å². The lowest BCUT2D eigenvalue weighted by molar-refractivity contribution is -0.142. The molecular formula is C14H17NO3S. The van der Waals surface area contributed by atoms with Gasteiger partial charge < -0.3 is 9.15 Å². The van der Waals surface area contributed by atoms with Gasteiger partial charge in [0.05, 0.1) is 18.8 Å². The first-order valence-corrected chi connectivity index (χ1v) is 7.35. The van der Waals surface area contributed by atoms with Crippen LogP contribution < -0.4 is 0 Å². The summed E-state index contributed by atoms with van der Waals surface area (Å²) >= 11 is 1.64. The van der Waals surface area contributed by atoms with Crippen LogP contribution in [0.3, 0.4) is 0 Å². The zero-order chi connectivity index (χ0) is 13.7. The SMILES string of the molecule is CCOC(=O)C[C@H](C)SCc1nc2ccccc2o1. The van der Waals surface area contributed by atoms with Crippen molar-refractivity contribution in [2.24, 2.45) is 0 Å². The number of ether oxygens (including phenoxy) is 1. The fourth-order valence-corrected chi connectivity index (χ4v) is 2.51. The van der Waals surface area contributed by atoms with E-state index in [2.05, 4.69) is 4.98 Å². The summed E-state index contributed by atoms with van der Waals surface area (Å²) in [4.78, 5) is 15.7. The first kappa shape index (κ1) is 13.9. The van der Waals surface area contributed by atoms with Crippen molar-refractivity contribution in [3.63, 3.8) is 0 Å². The molecule has 1 heterocycles. The standard InChI is InChI=1S/C14H17NO3S/c1-3-17-14(16)8-10(2)19-9-13-15-11-6-4-5-7-12(11)18-13/h4-7,10H,3,8-9H2,1-2H3/t10-/m0/s1. The minimum atomic E-state index is -0.153. The van der Waals surface area contributed by atoms with Crippen molar-refractivity contribution in [3.05, 3.63) is 30.2 Å². The quantitative estimate of drug-likeness (QED) is 0.758. The summed E-state index contributed by atoms with van der Waals surface area (Å²) < 4.78 is 10.5. The smallest absolute Gasteiger partial charge is 0.306 e. The maximum absolute atomic E-state index is 11.3. The van der Waals surface area contributed by atoms with Crippen molar-refractivity contribution in [3.8, 4) is 0 Å². The van der Waals surface area contributed by atoms with Gasteiger partial charge in [0.25, 0.3) is 0 Å². The van der Waals surface area contributed by atoms with Crippen molar-refractivity contribution >= 4 is 28.8 Å². The van der Waals surface area contributed by atoms with Gasteiger partial charge in [-0.1, -0.05) is 19.1 Å². The largest absolute Gasteiger partial charge is 0.466 e. The number of rotatable bonds is 6. The molecule has 0 N–H and O–H groups in total. The minimum Gasteiger partial charge on any atom is -0.466 e. The molecule has 0 fully saturated rings. The van der Waals surface area contributed by atoms with Gasteiger partial charge in [-0.2, -0.15) is 0 Å².